The van der Waals surface area contributed by atoms with Crippen molar-refractivity contribution in [1.29, 1.82) is 0 Å². The van der Waals surface area contributed by atoms with Crippen LogP contribution in [0.25, 0.3) is 10.8 Å². The van der Waals surface area contributed by atoms with Gasteiger partial charge in [-0.3, -0.25) is 0 Å². The first-order valence-corrected chi connectivity index (χ1v) is 7.66. The smallest absolute Gasteiger partial charge is 0.126 e. The minimum absolute atomic E-state index is 0.185. The number of fused-ring (bicyclic) bond motifs is 1. The van der Waals surface area contributed by atoms with Crippen LogP contribution < -0.4 is 5.73 Å². The van der Waals surface area contributed by atoms with E-state index >= 15 is 0 Å². The fourth-order valence-electron chi connectivity index (χ4n) is 1.69. The highest BCUT2D eigenvalue weighted by molar-refractivity contribution is 7.86. The highest BCUT2D eigenvalue weighted by atomic mass is 32.2. The van der Waals surface area contributed by atoms with Crippen LogP contribution in [0.4, 0.5) is 5.69 Å². The predicted octanol–water partition coefficient (Wildman–Crippen LogP) is 0.230. The van der Waals surface area contributed by atoms with Crippen LogP contribution in [0.15, 0.2) is 40.1 Å². The first-order chi connectivity index (χ1) is 8.60. The monoisotopic (exact) mass is 301 g/mol. The largest absolute Gasteiger partial charge is 0.744 e. The second-order valence-corrected chi connectivity index (χ2v) is 6.50. The quantitative estimate of drug-likeness (QED) is 0.618. The lowest BCUT2D eigenvalue weighted by Gasteiger charge is -2.13. The molecule has 0 saturated heterocycles. The topological polar surface area (TPSA) is 140 Å². The second-order valence-electron chi connectivity index (χ2n) is 3.77. The van der Waals surface area contributed by atoms with Crippen molar-refractivity contribution in [2.24, 2.45) is 0 Å². The Morgan fingerprint density at radius 2 is 1.53 bits per heavy atom. The Balaban J connectivity index is 2.82. The highest BCUT2D eigenvalue weighted by Crippen LogP contribution is 2.29. The maximum absolute atomic E-state index is 10.9. The van der Waals surface area contributed by atoms with Gasteiger partial charge in [-0.25, -0.2) is 16.8 Å². The van der Waals surface area contributed by atoms with Crippen molar-refractivity contribution in [1.82, 2.24) is 0 Å². The standard InChI is InChI=1S/C10H9NO6S2/c11-10-8-3-2-7(18(12,13)14)5-6(8)1-4-9(10)19(15,16)17/h1-5H,11H2,(H,12,13,14)(H,15,16,17)/p-2. The molecule has 0 aliphatic carbocycles. The summed E-state index contributed by atoms with van der Waals surface area (Å²) in [6.45, 7) is 0. The zero-order valence-corrected chi connectivity index (χ0v) is 10.9. The number of anilines is 1. The molecule has 0 aliphatic rings. The van der Waals surface area contributed by atoms with E-state index in [4.69, 9.17) is 5.73 Å². The van der Waals surface area contributed by atoms with Gasteiger partial charge in [0.2, 0.25) is 0 Å². The molecule has 7 nitrogen and oxygen atoms in total. The number of hydrogen-bond acceptors (Lipinski definition) is 7. The third-order valence-corrected chi connectivity index (χ3v) is 4.28. The van der Waals surface area contributed by atoms with Crippen LogP contribution in [-0.2, 0) is 20.2 Å². The third kappa shape index (κ3) is 2.54. The second kappa shape index (κ2) is 4.17. The SMILES string of the molecule is Nc1c(S(=O)(=O)[O-])ccc2cc(S(=O)(=O)[O-])ccc12. The van der Waals surface area contributed by atoms with E-state index in [1.54, 1.807) is 0 Å². The van der Waals surface area contributed by atoms with Gasteiger partial charge in [0.05, 0.1) is 15.5 Å². The fraction of sp³-hybridized carbons (Fsp3) is 0. The molecule has 0 heterocycles. The van der Waals surface area contributed by atoms with Crippen molar-refractivity contribution in [2.45, 2.75) is 9.79 Å². The molecule has 19 heavy (non-hydrogen) atoms. The Hall–Kier alpha value is -1.68. The summed E-state index contributed by atoms with van der Waals surface area (Å²) in [6, 6.07) is 5.44. The van der Waals surface area contributed by atoms with Crippen LogP contribution in [0, 0.1) is 0 Å². The van der Waals surface area contributed by atoms with Gasteiger partial charge in [-0.05, 0) is 23.6 Å². The van der Waals surface area contributed by atoms with Gasteiger partial charge in [-0.15, -0.1) is 0 Å². The van der Waals surface area contributed by atoms with Crippen molar-refractivity contribution in [3.05, 3.63) is 30.3 Å². The zero-order chi connectivity index (χ0) is 14.4. The maximum atomic E-state index is 10.9. The van der Waals surface area contributed by atoms with Gasteiger partial charge in [0.15, 0.2) is 0 Å². The van der Waals surface area contributed by atoms with Crippen LogP contribution in [0.5, 0.6) is 0 Å². The third-order valence-electron chi connectivity index (χ3n) is 2.55. The Labute approximate surface area is 109 Å². The summed E-state index contributed by atoms with van der Waals surface area (Å²) >= 11 is 0. The van der Waals surface area contributed by atoms with Gasteiger partial charge in [-0.2, -0.15) is 0 Å². The average Bonchev–Trinajstić information content (AvgIpc) is 2.26. The van der Waals surface area contributed by atoms with Gasteiger partial charge in [0.1, 0.15) is 20.2 Å². The maximum Gasteiger partial charge on any atom is 0.126 e. The lowest BCUT2D eigenvalue weighted by molar-refractivity contribution is 0.461. The molecule has 9 heteroatoms. The minimum Gasteiger partial charge on any atom is -0.744 e. The van der Waals surface area contributed by atoms with Gasteiger partial charge >= 0.3 is 0 Å². The zero-order valence-electron chi connectivity index (χ0n) is 9.23. The van der Waals surface area contributed by atoms with E-state index in [1.165, 1.54) is 12.1 Å². The molecule has 0 aromatic heterocycles. The number of nitrogen functional groups attached to an aromatic ring is 1. The fourth-order valence-corrected chi connectivity index (χ4v) is 2.81. The molecule has 2 aromatic rings. The Bertz CT molecular complexity index is 870. The summed E-state index contributed by atoms with van der Waals surface area (Å²) in [7, 11) is -9.33. The summed E-state index contributed by atoms with van der Waals surface area (Å²) in [5.41, 5.74) is 5.28. The molecule has 102 valence electrons. The Kier molecular flexibility index (Phi) is 3.01. The van der Waals surface area contributed by atoms with Crippen LogP contribution in [0.2, 0.25) is 0 Å². The Morgan fingerprint density at radius 3 is 2.05 bits per heavy atom. The van der Waals surface area contributed by atoms with E-state index in [2.05, 4.69) is 0 Å². The molecule has 0 aliphatic heterocycles. The van der Waals surface area contributed by atoms with Crippen molar-refractivity contribution < 1.29 is 25.9 Å². The summed E-state index contributed by atoms with van der Waals surface area (Å²) in [6.07, 6.45) is 0. The normalized spacial score (nSPS) is 12.7. The lowest BCUT2D eigenvalue weighted by Crippen LogP contribution is -2.04. The first kappa shape index (κ1) is 13.7. The number of hydrogen-bond donors (Lipinski definition) is 1. The van der Waals surface area contributed by atoms with Gasteiger partial charge in [0.25, 0.3) is 0 Å². The molecule has 0 amide bonds. The average molecular weight is 301 g/mol. The van der Waals surface area contributed by atoms with Crippen molar-refractivity contribution in [3.8, 4) is 0 Å². The lowest BCUT2D eigenvalue weighted by atomic mass is 10.1. The summed E-state index contributed by atoms with van der Waals surface area (Å²) in [5, 5.41) is 0.436. The molecular formula is C10H7NO6S2-2. The molecular weight excluding hydrogens is 294 g/mol. The van der Waals surface area contributed by atoms with Crippen molar-refractivity contribution >= 4 is 36.7 Å². The van der Waals surface area contributed by atoms with E-state index in [0.29, 0.717) is 0 Å². The molecule has 0 spiro atoms. The molecule has 2 aromatic carbocycles. The van der Waals surface area contributed by atoms with E-state index in [0.717, 1.165) is 18.2 Å². The highest BCUT2D eigenvalue weighted by Gasteiger charge is 2.11. The molecule has 0 unspecified atom stereocenters. The van der Waals surface area contributed by atoms with Crippen molar-refractivity contribution in [3.63, 3.8) is 0 Å². The predicted molar refractivity (Wildman–Crippen MR) is 64.3 cm³/mol. The van der Waals surface area contributed by atoms with Crippen LogP contribution in [-0.4, -0.2) is 25.9 Å². The number of rotatable bonds is 2. The molecule has 0 radical (unpaired) electrons. The molecule has 0 saturated carbocycles. The summed E-state index contributed by atoms with van der Waals surface area (Å²) < 4.78 is 65.4. The molecule has 0 atom stereocenters. The van der Waals surface area contributed by atoms with E-state index in [1.807, 2.05) is 0 Å². The van der Waals surface area contributed by atoms with Gasteiger partial charge < -0.3 is 14.8 Å². The molecule has 0 bridgehead atoms. The van der Waals surface area contributed by atoms with Crippen LogP contribution >= 0.6 is 0 Å². The molecule has 2 rings (SSSR count). The Morgan fingerprint density at radius 1 is 0.895 bits per heavy atom. The van der Waals surface area contributed by atoms with Crippen LogP contribution in [0.3, 0.4) is 0 Å². The minimum atomic E-state index is -4.72. The van der Waals surface area contributed by atoms with E-state index in [9.17, 15) is 25.9 Å². The van der Waals surface area contributed by atoms with E-state index < -0.39 is 30.0 Å². The van der Waals surface area contributed by atoms with Gasteiger partial charge in [0, 0.05) is 5.39 Å². The summed E-state index contributed by atoms with van der Waals surface area (Å²) in [5.74, 6) is 0. The summed E-state index contributed by atoms with van der Waals surface area (Å²) in [4.78, 5) is -1.05. The number of nitrogens with two attached hydrogens (primary N) is 1. The van der Waals surface area contributed by atoms with Crippen molar-refractivity contribution in [2.75, 3.05) is 5.73 Å². The van der Waals surface area contributed by atoms with Gasteiger partial charge in [-0.1, -0.05) is 12.1 Å². The van der Waals surface area contributed by atoms with E-state index in [-0.39, 0.29) is 16.5 Å². The van der Waals surface area contributed by atoms with Crippen LogP contribution in [0.1, 0.15) is 0 Å². The molecule has 2 N–H and O–H groups in total. The molecule has 0 fully saturated rings. The number of benzene rings is 2. The first-order valence-electron chi connectivity index (χ1n) is 4.85.